The fraction of sp³-hybridized carbons (Fsp3) is 0.200. The maximum absolute atomic E-state index is 10.8. The van der Waals surface area contributed by atoms with E-state index < -0.39 is 10.0 Å². The van der Waals surface area contributed by atoms with Crippen LogP contribution in [0.3, 0.4) is 0 Å². The van der Waals surface area contributed by atoms with E-state index >= 15 is 0 Å². The van der Waals surface area contributed by atoms with Crippen LogP contribution in [0.25, 0.3) is 0 Å². The van der Waals surface area contributed by atoms with E-state index in [9.17, 15) is 8.42 Å². The Hall–Kier alpha value is -0.590. The van der Waals surface area contributed by atoms with Crippen LogP contribution in [0.4, 0.5) is 5.00 Å². The molecule has 4 N–H and O–H groups in total. The number of nitrogen functional groups attached to an aromatic ring is 1. The van der Waals surface area contributed by atoms with Gasteiger partial charge in [-0.15, -0.1) is 11.3 Å². The quantitative estimate of drug-likeness (QED) is 0.670. The highest BCUT2D eigenvalue weighted by Crippen LogP contribution is 2.27. The van der Waals surface area contributed by atoms with Gasteiger partial charge in [-0.05, 0) is 17.9 Å². The monoisotopic (exact) mass is 192 g/mol. The van der Waals surface area contributed by atoms with Crippen molar-refractivity contribution in [2.45, 2.75) is 11.8 Å². The first-order valence-corrected chi connectivity index (χ1v) is 5.22. The van der Waals surface area contributed by atoms with Crippen LogP contribution in [0.2, 0.25) is 0 Å². The summed E-state index contributed by atoms with van der Waals surface area (Å²) in [6, 6.07) is 0. The summed E-state index contributed by atoms with van der Waals surface area (Å²) in [6.45, 7) is 1.66. The van der Waals surface area contributed by atoms with E-state index in [4.69, 9.17) is 10.9 Å². The molecule has 1 aromatic rings. The molecule has 4 nitrogen and oxygen atoms in total. The minimum absolute atomic E-state index is 0.0579. The lowest BCUT2D eigenvalue weighted by Crippen LogP contribution is -2.13. The molecule has 0 radical (unpaired) electrons. The Morgan fingerprint density at radius 3 is 2.27 bits per heavy atom. The van der Waals surface area contributed by atoms with Gasteiger partial charge in [0.15, 0.2) is 0 Å². The van der Waals surface area contributed by atoms with Crippen LogP contribution in [0.15, 0.2) is 10.3 Å². The Kier molecular flexibility index (Phi) is 1.91. The SMILES string of the molecule is Cc1csc(N)c1S(N)(=O)=O. The van der Waals surface area contributed by atoms with Crippen LogP contribution in [-0.4, -0.2) is 8.42 Å². The number of aryl methyl sites for hydroxylation is 1. The van der Waals surface area contributed by atoms with Crippen LogP contribution in [0, 0.1) is 6.92 Å². The van der Waals surface area contributed by atoms with Gasteiger partial charge in [0, 0.05) is 0 Å². The molecule has 0 aliphatic carbocycles. The van der Waals surface area contributed by atoms with Crippen molar-refractivity contribution in [3.63, 3.8) is 0 Å². The Bertz CT molecular complexity index is 346. The van der Waals surface area contributed by atoms with Gasteiger partial charge in [0.25, 0.3) is 0 Å². The van der Waals surface area contributed by atoms with Gasteiger partial charge in [0.05, 0.1) is 0 Å². The molecule has 0 amide bonds. The topological polar surface area (TPSA) is 86.2 Å². The normalized spacial score (nSPS) is 11.8. The predicted molar refractivity (Wildman–Crippen MR) is 44.8 cm³/mol. The summed E-state index contributed by atoms with van der Waals surface area (Å²) in [7, 11) is -3.64. The molecule has 0 saturated heterocycles. The molecule has 0 aromatic carbocycles. The zero-order valence-electron chi connectivity index (χ0n) is 5.87. The zero-order valence-corrected chi connectivity index (χ0v) is 7.50. The molecule has 1 heterocycles. The van der Waals surface area contributed by atoms with Crippen LogP contribution < -0.4 is 10.9 Å². The molecule has 62 valence electrons. The third-order valence-corrected chi connectivity index (χ3v) is 3.40. The molecule has 0 unspecified atom stereocenters. The Labute approximate surface area is 68.9 Å². The summed E-state index contributed by atoms with van der Waals surface area (Å²) in [4.78, 5) is 0.0579. The number of thiophene rings is 1. The Morgan fingerprint density at radius 2 is 2.09 bits per heavy atom. The molecule has 0 atom stereocenters. The van der Waals surface area contributed by atoms with E-state index in [2.05, 4.69) is 0 Å². The van der Waals surface area contributed by atoms with Gasteiger partial charge in [0.2, 0.25) is 10.0 Å². The minimum atomic E-state index is -3.64. The highest BCUT2D eigenvalue weighted by Gasteiger charge is 2.16. The Morgan fingerprint density at radius 1 is 1.55 bits per heavy atom. The first-order valence-electron chi connectivity index (χ1n) is 2.79. The van der Waals surface area contributed by atoms with Gasteiger partial charge in [0.1, 0.15) is 9.90 Å². The maximum Gasteiger partial charge on any atom is 0.241 e. The summed E-state index contributed by atoms with van der Waals surface area (Å²) < 4.78 is 21.7. The van der Waals surface area contributed by atoms with E-state index in [1.807, 2.05) is 0 Å². The number of anilines is 1. The molecule has 6 heteroatoms. The zero-order chi connectivity index (χ0) is 8.65. The fourth-order valence-electron chi connectivity index (χ4n) is 0.818. The third kappa shape index (κ3) is 1.52. The average Bonchev–Trinajstić information content (AvgIpc) is 2.08. The number of nitrogens with two attached hydrogens (primary N) is 2. The van der Waals surface area contributed by atoms with Crippen LogP contribution >= 0.6 is 11.3 Å². The summed E-state index contributed by atoms with van der Waals surface area (Å²) in [5.74, 6) is 0. The summed E-state index contributed by atoms with van der Waals surface area (Å²) in [5, 5.41) is 6.82. The van der Waals surface area contributed by atoms with Crippen molar-refractivity contribution in [3.8, 4) is 0 Å². The number of primary sulfonamides is 1. The summed E-state index contributed by atoms with van der Waals surface area (Å²) in [5.41, 5.74) is 5.99. The van der Waals surface area contributed by atoms with Crippen molar-refractivity contribution < 1.29 is 8.42 Å². The van der Waals surface area contributed by atoms with Gasteiger partial charge in [-0.2, -0.15) is 0 Å². The van der Waals surface area contributed by atoms with Crippen molar-refractivity contribution >= 4 is 26.4 Å². The van der Waals surface area contributed by atoms with E-state index in [1.54, 1.807) is 12.3 Å². The lowest BCUT2D eigenvalue weighted by atomic mass is 10.4. The third-order valence-electron chi connectivity index (χ3n) is 1.23. The molecule has 0 fully saturated rings. The molecular formula is C5H8N2O2S2. The molecular weight excluding hydrogens is 184 g/mol. The maximum atomic E-state index is 10.8. The van der Waals surface area contributed by atoms with Gasteiger partial charge >= 0.3 is 0 Å². The van der Waals surface area contributed by atoms with Gasteiger partial charge in [-0.1, -0.05) is 0 Å². The second-order valence-electron chi connectivity index (χ2n) is 2.16. The van der Waals surface area contributed by atoms with Crippen molar-refractivity contribution in [1.29, 1.82) is 0 Å². The standard InChI is InChI=1S/C5H8N2O2S2/c1-3-2-10-5(6)4(3)11(7,8)9/h2H,6H2,1H3,(H2,7,8,9). The van der Waals surface area contributed by atoms with E-state index in [0.29, 0.717) is 5.56 Å². The second-order valence-corrected chi connectivity index (χ2v) is 4.57. The van der Waals surface area contributed by atoms with E-state index in [1.165, 1.54) is 11.3 Å². The van der Waals surface area contributed by atoms with Gasteiger partial charge in [-0.25, -0.2) is 13.6 Å². The largest absolute Gasteiger partial charge is 0.389 e. The highest BCUT2D eigenvalue weighted by atomic mass is 32.2. The Balaban J connectivity index is 3.45. The van der Waals surface area contributed by atoms with Crippen molar-refractivity contribution in [1.82, 2.24) is 0 Å². The molecule has 0 aliphatic rings. The van der Waals surface area contributed by atoms with Gasteiger partial charge in [-0.3, -0.25) is 0 Å². The fourth-order valence-corrected chi connectivity index (χ4v) is 2.86. The molecule has 1 aromatic heterocycles. The average molecular weight is 192 g/mol. The van der Waals surface area contributed by atoms with Gasteiger partial charge < -0.3 is 5.73 Å². The van der Waals surface area contributed by atoms with Crippen LogP contribution in [-0.2, 0) is 10.0 Å². The van der Waals surface area contributed by atoms with Crippen LogP contribution in [0.1, 0.15) is 5.56 Å². The lowest BCUT2D eigenvalue weighted by molar-refractivity contribution is 0.598. The second kappa shape index (κ2) is 2.47. The van der Waals surface area contributed by atoms with Crippen molar-refractivity contribution in [3.05, 3.63) is 10.9 Å². The van der Waals surface area contributed by atoms with Crippen molar-refractivity contribution in [2.75, 3.05) is 5.73 Å². The van der Waals surface area contributed by atoms with E-state index in [-0.39, 0.29) is 9.90 Å². The number of rotatable bonds is 1. The predicted octanol–water partition coefficient (Wildman–Crippen LogP) is 0.286. The molecule has 0 saturated carbocycles. The van der Waals surface area contributed by atoms with Crippen molar-refractivity contribution in [2.24, 2.45) is 5.14 Å². The summed E-state index contributed by atoms with van der Waals surface area (Å²) in [6.07, 6.45) is 0. The molecule has 0 aliphatic heterocycles. The first-order chi connectivity index (χ1) is 4.93. The first kappa shape index (κ1) is 8.51. The summed E-state index contributed by atoms with van der Waals surface area (Å²) >= 11 is 1.18. The lowest BCUT2D eigenvalue weighted by Gasteiger charge is -1.96. The molecule has 0 spiro atoms. The molecule has 0 bridgehead atoms. The van der Waals surface area contributed by atoms with E-state index in [0.717, 1.165) is 0 Å². The number of sulfonamides is 1. The highest BCUT2D eigenvalue weighted by molar-refractivity contribution is 7.89. The minimum Gasteiger partial charge on any atom is -0.389 e. The molecule has 11 heavy (non-hydrogen) atoms. The smallest absolute Gasteiger partial charge is 0.241 e. The number of hydrogen-bond donors (Lipinski definition) is 2. The number of hydrogen-bond acceptors (Lipinski definition) is 4. The molecule has 1 rings (SSSR count). The van der Waals surface area contributed by atoms with Crippen LogP contribution in [0.5, 0.6) is 0 Å².